The summed E-state index contributed by atoms with van der Waals surface area (Å²) in [6.07, 6.45) is 0. The summed E-state index contributed by atoms with van der Waals surface area (Å²) in [5.74, 6) is 1.99. The second-order valence-corrected chi connectivity index (χ2v) is 10.2. The molecule has 0 saturated heterocycles. The van der Waals surface area contributed by atoms with E-state index in [0.717, 1.165) is 37.4 Å². The number of rotatable bonds is 7. The zero-order chi connectivity index (χ0) is 18.7. The third kappa shape index (κ3) is 4.81. The summed E-state index contributed by atoms with van der Waals surface area (Å²) in [4.78, 5) is 17.0. The van der Waals surface area contributed by atoms with E-state index in [9.17, 15) is 4.79 Å². The molecule has 1 amide bonds. The van der Waals surface area contributed by atoms with Gasteiger partial charge >= 0.3 is 0 Å². The number of thioether (sulfide) groups is 2. The summed E-state index contributed by atoms with van der Waals surface area (Å²) in [6.45, 7) is 6.36. The van der Waals surface area contributed by atoms with Gasteiger partial charge in [0, 0.05) is 29.9 Å². The Kier molecular flexibility index (Phi) is 6.26. The highest BCUT2D eigenvalue weighted by Crippen LogP contribution is 2.32. The molecule has 1 aromatic carbocycles. The van der Waals surface area contributed by atoms with Crippen LogP contribution in [0.25, 0.3) is 10.2 Å². The van der Waals surface area contributed by atoms with Gasteiger partial charge in [-0.25, -0.2) is 4.98 Å². The molecule has 138 valence electrons. The highest BCUT2D eigenvalue weighted by atomic mass is 32.2. The normalized spacial score (nSPS) is 11.4. The largest absolute Gasteiger partial charge is 0.321 e. The average Bonchev–Trinajstić information content (AvgIpc) is 3.14. The van der Waals surface area contributed by atoms with Gasteiger partial charge in [0.25, 0.3) is 5.91 Å². The van der Waals surface area contributed by atoms with Crippen LogP contribution < -0.4 is 5.32 Å². The number of carbonyl (C=O) groups excluding carboxylic acids is 1. The predicted octanol–water partition coefficient (Wildman–Crippen LogP) is 4.82. The van der Waals surface area contributed by atoms with Crippen molar-refractivity contribution in [2.24, 2.45) is 7.05 Å². The maximum Gasteiger partial charge on any atom is 0.276 e. The van der Waals surface area contributed by atoms with E-state index in [0.29, 0.717) is 10.9 Å². The van der Waals surface area contributed by atoms with E-state index < -0.39 is 0 Å². The molecule has 0 aliphatic rings. The van der Waals surface area contributed by atoms with Gasteiger partial charge in [-0.15, -0.1) is 11.3 Å². The number of nitrogens with one attached hydrogen (secondary N) is 1. The van der Waals surface area contributed by atoms with Crippen molar-refractivity contribution in [3.63, 3.8) is 0 Å². The molecule has 1 N–H and O–H groups in total. The van der Waals surface area contributed by atoms with Crippen molar-refractivity contribution in [1.29, 1.82) is 0 Å². The third-order valence-corrected chi connectivity index (χ3v) is 7.26. The number of hydrogen-bond acceptors (Lipinski definition) is 6. The molecule has 0 aliphatic heterocycles. The fraction of sp³-hybridized carbons (Fsp3) is 0.389. The first-order valence-electron chi connectivity index (χ1n) is 8.39. The van der Waals surface area contributed by atoms with Crippen molar-refractivity contribution in [2.45, 2.75) is 30.4 Å². The van der Waals surface area contributed by atoms with E-state index in [2.05, 4.69) is 29.2 Å². The Hall–Kier alpha value is -1.51. The molecule has 2 aromatic heterocycles. The molecular weight excluding hydrogens is 384 g/mol. The number of aryl methyl sites for hydroxylation is 2. The van der Waals surface area contributed by atoms with E-state index in [1.807, 2.05) is 43.9 Å². The van der Waals surface area contributed by atoms with E-state index in [4.69, 9.17) is 0 Å². The summed E-state index contributed by atoms with van der Waals surface area (Å²) in [5, 5.41) is 7.80. The highest BCUT2D eigenvalue weighted by molar-refractivity contribution is 8.04. The van der Waals surface area contributed by atoms with Crippen LogP contribution in [0.1, 0.15) is 30.0 Å². The summed E-state index contributed by atoms with van der Waals surface area (Å²) < 4.78 is 3.86. The van der Waals surface area contributed by atoms with Crippen LogP contribution in [-0.2, 0) is 7.05 Å². The fourth-order valence-corrected chi connectivity index (χ4v) is 5.34. The molecule has 5 nitrogen and oxygen atoms in total. The van der Waals surface area contributed by atoms with Crippen LogP contribution in [0.4, 0.5) is 5.69 Å². The van der Waals surface area contributed by atoms with Gasteiger partial charge in [0.1, 0.15) is 0 Å². The summed E-state index contributed by atoms with van der Waals surface area (Å²) in [6, 6.07) is 7.61. The lowest BCUT2D eigenvalue weighted by atomic mass is 10.3. The average molecular weight is 407 g/mol. The molecule has 0 fully saturated rings. The van der Waals surface area contributed by atoms with E-state index in [-0.39, 0.29) is 5.91 Å². The number of anilines is 1. The topological polar surface area (TPSA) is 59.8 Å². The highest BCUT2D eigenvalue weighted by Gasteiger charge is 2.12. The Morgan fingerprint density at radius 3 is 2.81 bits per heavy atom. The van der Waals surface area contributed by atoms with Crippen LogP contribution in [0, 0.1) is 6.92 Å². The van der Waals surface area contributed by atoms with Crippen molar-refractivity contribution in [1.82, 2.24) is 14.8 Å². The molecule has 3 aromatic rings. The lowest BCUT2D eigenvalue weighted by molar-refractivity contribution is 0.102. The van der Waals surface area contributed by atoms with E-state index in [1.54, 1.807) is 33.8 Å². The van der Waals surface area contributed by atoms with Gasteiger partial charge in [0.2, 0.25) is 0 Å². The van der Waals surface area contributed by atoms with Crippen molar-refractivity contribution < 1.29 is 4.79 Å². The second-order valence-electron chi connectivity index (χ2n) is 6.18. The number of amides is 1. The lowest BCUT2D eigenvalue weighted by Gasteiger charge is -2.02. The first-order chi connectivity index (χ1) is 12.4. The van der Waals surface area contributed by atoms with Crippen LogP contribution in [0.3, 0.4) is 0 Å². The first kappa shape index (κ1) is 19.3. The smallest absolute Gasteiger partial charge is 0.276 e. The molecule has 2 heterocycles. The fourth-order valence-electron chi connectivity index (χ4n) is 2.32. The number of hydrogen-bond donors (Lipinski definition) is 1. The molecule has 0 aliphatic carbocycles. The second kappa shape index (κ2) is 8.45. The van der Waals surface area contributed by atoms with Gasteiger partial charge in [-0.1, -0.05) is 25.6 Å². The van der Waals surface area contributed by atoms with Gasteiger partial charge in [-0.2, -0.15) is 16.9 Å². The molecule has 0 unspecified atom stereocenters. The maximum absolute atomic E-state index is 12.3. The maximum atomic E-state index is 12.3. The first-order valence-corrected chi connectivity index (χ1v) is 11.2. The molecule has 0 atom stereocenters. The molecule has 3 rings (SSSR count). The summed E-state index contributed by atoms with van der Waals surface area (Å²) >= 11 is 5.44. The Morgan fingerprint density at radius 1 is 1.31 bits per heavy atom. The quantitative estimate of drug-likeness (QED) is 0.450. The Labute approximate surface area is 166 Å². The zero-order valence-corrected chi connectivity index (χ0v) is 17.7. The molecule has 0 saturated carbocycles. The van der Waals surface area contributed by atoms with Gasteiger partial charge in [-0.3, -0.25) is 9.48 Å². The van der Waals surface area contributed by atoms with Gasteiger partial charge < -0.3 is 5.32 Å². The predicted molar refractivity (Wildman–Crippen MR) is 114 cm³/mol. The van der Waals surface area contributed by atoms with Gasteiger partial charge in [0.05, 0.1) is 10.2 Å². The van der Waals surface area contributed by atoms with Crippen molar-refractivity contribution in [3.05, 3.63) is 35.7 Å². The summed E-state index contributed by atoms with van der Waals surface area (Å²) in [7, 11) is 1.83. The van der Waals surface area contributed by atoms with Crippen molar-refractivity contribution in [2.75, 3.05) is 16.8 Å². The molecule has 0 spiro atoms. The zero-order valence-electron chi connectivity index (χ0n) is 15.3. The number of thiazole rings is 1. The molecular formula is C18H22N4OS3. The van der Waals surface area contributed by atoms with E-state index in [1.165, 1.54) is 0 Å². The SMILES string of the molecule is Cc1cc(C(=O)Nc2ccc3nc(SCCSC(C)C)sc3c2)nn1C. The van der Waals surface area contributed by atoms with Crippen molar-refractivity contribution >= 4 is 56.7 Å². The van der Waals surface area contributed by atoms with Crippen LogP contribution >= 0.6 is 34.9 Å². The minimum atomic E-state index is -0.196. The Balaban J connectivity index is 1.66. The molecule has 0 radical (unpaired) electrons. The van der Waals surface area contributed by atoms with Crippen LogP contribution in [-0.4, -0.2) is 37.4 Å². The minimum Gasteiger partial charge on any atom is -0.321 e. The van der Waals surface area contributed by atoms with E-state index >= 15 is 0 Å². The minimum absolute atomic E-state index is 0.196. The number of nitrogens with zero attached hydrogens (tertiary/aromatic N) is 3. The number of benzene rings is 1. The van der Waals surface area contributed by atoms with Gasteiger partial charge in [0.15, 0.2) is 10.0 Å². The molecule has 0 bridgehead atoms. The number of carbonyl (C=O) groups is 1. The monoisotopic (exact) mass is 406 g/mol. The van der Waals surface area contributed by atoms with Crippen LogP contribution in [0.15, 0.2) is 28.6 Å². The Morgan fingerprint density at radius 2 is 2.12 bits per heavy atom. The van der Waals surface area contributed by atoms with Gasteiger partial charge in [-0.05, 0) is 36.4 Å². The summed E-state index contributed by atoms with van der Waals surface area (Å²) in [5.41, 5.74) is 3.11. The number of fused-ring (bicyclic) bond motifs is 1. The molecule has 8 heteroatoms. The van der Waals surface area contributed by atoms with Crippen molar-refractivity contribution in [3.8, 4) is 0 Å². The third-order valence-electron chi connectivity index (χ3n) is 3.73. The standard InChI is InChI=1S/C18H22N4OS3/c1-11(2)24-7-8-25-18-20-14-6-5-13(10-16(14)26-18)19-17(23)15-9-12(3)22(4)21-15/h5-6,9-11H,7-8H2,1-4H3,(H,19,23). The Bertz CT molecular complexity index is 897. The van der Waals surface area contributed by atoms with Crippen LogP contribution in [0.2, 0.25) is 0 Å². The number of aromatic nitrogens is 3. The lowest BCUT2D eigenvalue weighted by Crippen LogP contribution is -2.12. The van der Waals surface area contributed by atoms with Crippen LogP contribution in [0.5, 0.6) is 0 Å². The molecule has 26 heavy (non-hydrogen) atoms.